The molecule has 2 aromatic rings. The van der Waals surface area contributed by atoms with Crippen LogP contribution < -0.4 is 5.32 Å². The van der Waals surface area contributed by atoms with Crippen LogP contribution in [0, 0.1) is 5.92 Å². The maximum Gasteiger partial charge on any atom is 0.308 e. The molecule has 1 amide bonds. The Bertz CT molecular complexity index is 713. The van der Waals surface area contributed by atoms with Gasteiger partial charge in [0.05, 0.1) is 13.0 Å². The second-order valence-corrected chi connectivity index (χ2v) is 6.18. The van der Waals surface area contributed by atoms with Crippen molar-refractivity contribution in [2.24, 2.45) is 5.92 Å². The summed E-state index contributed by atoms with van der Waals surface area (Å²) in [6.07, 6.45) is 4.48. The van der Waals surface area contributed by atoms with E-state index in [1.165, 1.54) is 18.4 Å². The number of nitrogens with zero attached hydrogens (tertiary/aromatic N) is 4. The van der Waals surface area contributed by atoms with Gasteiger partial charge in [-0.3, -0.25) is 9.59 Å². The van der Waals surface area contributed by atoms with Crippen molar-refractivity contribution in [1.82, 2.24) is 19.9 Å². The molecule has 2 aromatic heterocycles. The number of nitrogens with one attached hydrogen (secondary N) is 1. The van der Waals surface area contributed by atoms with Gasteiger partial charge in [-0.2, -0.15) is 0 Å². The fourth-order valence-electron chi connectivity index (χ4n) is 2.54. The fraction of sp³-hybridized carbons (Fsp3) is 0.400. The van der Waals surface area contributed by atoms with Gasteiger partial charge in [-0.25, -0.2) is 15.0 Å². The highest BCUT2D eigenvalue weighted by Gasteiger charge is 2.29. The fourth-order valence-corrected chi connectivity index (χ4v) is 3.21. The Balaban J connectivity index is 1.59. The molecule has 0 aromatic carbocycles. The number of esters is 1. The smallest absolute Gasteiger partial charge is 0.308 e. The van der Waals surface area contributed by atoms with Crippen molar-refractivity contribution in [3.63, 3.8) is 0 Å². The van der Waals surface area contributed by atoms with Gasteiger partial charge in [0.15, 0.2) is 5.13 Å². The van der Waals surface area contributed by atoms with Crippen LogP contribution in [0.4, 0.5) is 11.1 Å². The van der Waals surface area contributed by atoms with Crippen molar-refractivity contribution >= 4 is 34.3 Å². The number of carbonyl (C=O) groups is 2. The van der Waals surface area contributed by atoms with E-state index in [0.29, 0.717) is 42.7 Å². The lowest BCUT2D eigenvalue weighted by molar-refractivity contribution is -0.146. The van der Waals surface area contributed by atoms with Crippen LogP contribution in [0.5, 0.6) is 0 Å². The van der Waals surface area contributed by atoms with Gasteiger partial charge in [0.25, 0.3) is 5.91 Å². The summed E-state index contributed by atoms with van der Waals surface area (Å²) >= 11 is 1.32. The Morgan fingerprint density at radius 1 is 1.29 bits per heavy atom. The molecule has 3 rings (SSSR count). The Morgan fingerprint density at radius 2 is 2.00 bits per heavy atom. The lowest BCUT2D eigenvalue weighted by atomic mass is 9.97. The number of hydrogen-bond acceptors (Lipinski definition) is 8. The molecule has 1 fully saturated rings. The Labute approximate surface area is 142 Å². The van der Waals surface area contributed by atoms with E-state index in [1.807, 2.05) is 0 Å². The molecule has 1 aliphatic heterocycles. The number of anilines is 2. The van der Waals surface area contributed by atoms with Crippen molar-refractivity contribution in [2.45, 2.75) is 12.8 Å². The number of ether oxygens (including phenoxy) is 1. The quantitative estimate of drug-likeness (QED) is 0.841. The molecule has 0 bridgehead atoms. The van der Waals surface area contributed by atoms with Gasteiger partial charge in [0.2, 0.25) is 5.95 Å². The highest BCUT2D eigenvalue weighted by Crippen LogP contribution is 2.23. The van der Waals surface area contributed by atoms with Gasteiger partial charge in [-0.05, 0) is 18.9 Å². The van der Waals surface area contributed by atoms with Gasteiger partial charge in [0.1, 0.15) is 5.69 Å². The molecular weight excluding hydrogens is 330 g/mol. The van der Waals surface area contributed by atoms with E-state index >= 15 is 0 Å². The lowest BCUT2D eigenvalue weighted by Crippen LogP contribution is -2.40. The largest absolute Gasteiger partial charge is 0.469 e. The molecular formula is C15H17N5O3S. The second kappa shape index (κ2) is 7.35. The first-order valence-electron chi connectivity index (χ1n) is 7.54. The van der Waals surface area contributed by atoms with E-state index in [2.05, 4.69) is 20.3 Å². The van der Waals surface area contributed by atoms with Crippen LogP contribution in [0.3, 0.4) is 0 Å². The molecule has 1 aliphatic rings. The highest BCUT2D eigenvalue weighted by atomic mass is 32.1. The van der Waals surface area contributed by atoms with E-state index in [9.17, 15) is 9.59 Å². The third-order valence-electron chi connectivity index (χ3n) is 3.82. The summed E-state index contributed by atoms with van der Waals surface area (Å²) in [6, 6.07) is 1.72. The van der Waals surface area contributed by atoms with Crippen LogP contribution in [0.25, 0.3) is 0 Å². The lowest BCUT2D eigenvalue weighted by Gasteiger charge is -2.30. The maximum absolute atomic E-state index is 12.5. The van der Waals surface area contributed by atoms with E-state index < -0.39 is 0 Å². The number of thiazole rings is 1. The number of piperidine rings is 1. The molecule has 1 N–H and O–H groups in total. The van der Waals surface area contributed by atoms with Crippen LogP contribution in [-0.4, -0.2) is 51.9 Å². The number of amides is 1. The molecule has 0 spiro atoms. The summed E-state index contributed by atoms with van der Waals surface area (Å²) in [5, 5.41) is 5.24. The van der Waals surface area contributed by atoms with Crippen molar-refractivity contribution in [2.75, 3.05) is 25.5 Å². The topological polar surface area (TPSA) is 97.3 Å². The predicted molar refractivity (Wildman–Crippen MR) is 88.1 cm³/mol. The summed E-state index contributed by atoms with van der Waals surface area (Å²) in [7, 11) is 1.39. The normalized spacial score (nSPS) is 15.1. The second-order valence-electron chi connectivity index (χ2n) is 5.32. The van der Waals surface area contributed by atoms with E-state index in [4.69, 9.17) is 4.74 Å². The average Bonchev–Trinajstić information content (AvgIpc) is 3.10. The number of hydrogen-bond donors (Lipinski definition) is 1. The number of aromatic nitrogens is 3. The average molecular weight is 347 g/mol. The van der Waals surface area contributed by atoms with Gasteiger partial charge in [-0.1, -0.05) is 0 Å². The molecule has 1 saturated heterocycles. The summed E-state index contributed by atoms with van der Waals surface area (Å²) in [5.41, 5.74) is 0.384. The maximum atomic E-state index is 12.5. The molecule has 9 heteroatoms. The molecule has 3 heterocycles. The molecule has 8 nitrogen and oxygen atoms in total. The van der Waals surface area contributed by atoms with Gasteiger partial charge in [-0.15, -0.1) is 11.3 Å². The van der Waals surface area contributed by atoms with Crippen LogP contribution in [0.2, 0.25) is 0 Å². The molecule has 126 valence electrons. The third kappa shape index (κ3) is 3.67. The summed E-state index contributed by atoms with van der Waals surface area (Å²) in [5.74, 6) is -0.0200. The minimum atomic E-state index is -0.204. The van der Waals surface area contributed by atoms with E-state index in [-0.39, 0.29) is 17.8 Å². The van der Waals surface area contributed by atoms with Crippen LogP contribution in [0.1, 0.15) is 23.3 Å². The highest BCUT2D eigenvalue weighted by molar-refractivity contribution is 7.14. The molecule has 24 heavy (non-hydrogen) atoms. The van der Waals surface area contributed by atoms with Gasteiger partial charge in [0, 0.05) is 30.9 Å². The Hall–Kier alpha value is -2.55. The van der Waals surface area contributed by atoms with Crippen molar-refractivity contribution in [1.29, 1.82) is 0 Å². The number of carbonyl (C=O) groups excluding carboxylic acids is 2. The standard InChI is InChI=1S/C15H17N5O3S/c1-23-13(22)10-3-7-20(8-4-10)12(21)11-9-24-15(18-11)19-14-16-5-2-6-17-14/h2,5-6,9-10H,3-4,7-8H2,1H3,(H,16,17,18,19). The van der Waals surface area contributed by atoms with E-state index in [0.717, 1.165) is 0 Å². The zero-order valence-electron chi connectivity index (χ0n) is 13.1. The van der Waals surface area contributed by atoms with Crippen LogP contribution in [-0.2, 0) is 9.53 Å². The first-order chi connectivity index (χ1) is 11.7. The summed E-state index contributed by atoms with van der Waals surface area (Å²) in [4.78, 5) is 38.2. The zero-order valence-corrected chi connectivity index (χ0v) is 14.0. The van der Waals surface area contributed by atoms with Gasteiger partial charge >= 0.3 is 5.97 Å². The van der Waals surface area contributed by atoms with Crippen LogP contribution in [0.15, 0.2) is 23.8 Å². The molecule has 0 atom stereocenters. The first kappa shape index (κ1) is 16.3. The Kier molecular flexibility index (Phi) is 4.99. The van der Waals surface area contributed by atoms with Crippen LogP contribution >= 0.6 is 11.3 Å². The SMILES string of the molecule is COC(=O)C1CCN(C(=O)c2csc(Nc3ncccn3)n2)CC1. The third-order valence-corrected chi connectivity index (χ3v) is 4.58. The summed E-state index contributed by atoms with van der Waals surface area (Å²) < 4.78 is 4.76. The van der Waals surface area contributed by atoms with Crippen molar-refractivity contribution in [3.8, 4) is 0 Å². The molecule has 0 aliphatic carbocycles. The molecule has 0 radical (unpaired) electrons. The van der Waals surface area contributed by atoms with Crippen molar-refractivity contribution < 1.29 is 14.3 Å². The zero-order chi connectivity index (χ0) is 16.9. The summed E-state index contributed by atoms with van der Waals surface area (Å²) in [6.45, 7) is 1.06. The van der Waals surface area contributed by atoms with Gasteiger partial charge < -0.3 is 15.0 Å². The molecule has 0 unspecified atom stereocenters. The number of likely N-dealkylation sites (tertiary alicyclic amines) is 1. The first-order valence-corrected chi connectivity index (χ1v) is 8.42. The minimum Gasteiger partial charge on any atom is -0.469 e. The number of methoxy groups -OCH3 is 1. The monoisotopic (exact) mass is 347 g/mol. The Morgan fingerprint density at radius 3 is 2.67 bits per heavy atom. The van der Waals surface area contributed by atoms with Crippen molar-refractivity contribution in [3.05, 3.63) is 29.5 Å². The molecule has 0 saturated carbocycles. The minimum absolute atomic E-state index is 0.123. The predicted octanol–water partition coefficient (Wildman–Crippen LogP) is 1.70. The van der Waals surface area contributed by atoms with E-state index in [1.54, 1.807) is 28.7 Å². The number of rotatable bonds is 4.